The zero-order valence-corrected chi connectivity index (χ0v) is 12.0. The smallest absolute Gasteiger partial charge is 0.219 e. The van der Waals surface area contributed by atoms with Crippen molar-refractivity contribution in [2.75, 3.05) is 0 Å². The molecule has 2 aromatic heterocycles. The van der Waals surface area contributed by atoms with Gasteiger partial charge in [-0.2, -0.15) is 0 Å². The molecule has 0 bridgehead atoms. The fraction of sp³-hybridized carbons (Fsp3) is 0.462. The van der Waals surface area contributed by atoms with Crippen molar-refractivity contribution in [1.82, 2.24) is 14.5 Å². The van der Waals surface area contributed by atoms with Gasteiger partial charge in [0.15, 0.2) is 5.65 Å². The minimum Gasteiger partial charge on any atom is -0.370 e. The van der Waals surface area contributed by atoms with Gasteiger partial charge in [-0.3, -0.25) is 4.79 Å². The van der Waals surface area contributed by atoms with Crippen LogP contribution in [0.4, 0.5) is 0 Å². The summed E-state index contributed by atoms with van der Waals surface area (Å²) in [7, 11) is 0. The summed E-state index contributed by atoms with van der Waals surface area (Å²) in [6.07, 6.45) is 1.90. The van der Waals surface area contributed by atoms with Crippen LogP contribution in [0.25, 0.3) is 11.2 Å². The summed E-state index contributed by atoms with van der Waals surface area (Å²) in [6, 6.07) is 3.70. The summed E-state index contributed by atoms with van der Waals surface area (Å²) in [5, 5.41) is -0.277. The fourth-order valence-electron chi connectivity index (χ4n) is 2.30. The standard InChI is InChI=1S/C13H17ClN4O/c1-8(14)11-17-9-5-4-6-16-12(9)18(11)13(2,3)7-10(15)19/h4-6,8H,7H2,1-3H3,(H2,15,19). The molecule has 0 aliphatic heterocycles. The number of hydrogen-bond acceptors (Lipinski definition) is 3. The third-order valence-corrected chi connectivity index (χ3v) is 3.21. The number of imidazole rings is 1. The number of amides is 1. The van der Waals surface area contributed by atoms with E-state index in [4.69, 9.17) is 17.3 Å². The first-order chi connectivity index (χ1) is 8.83. The number of aromatic nitrogens is 3. The maximum Gasteiger partial charge on any atom is 0.219 e. The molecule has 0 saturated carbocycles. The van der Waals surface area contributed by atoms with Gasteiger partial charge in [-0.1, -0.05) is 0 Å². The van der Waals surface area contributed by atoms with E-state index in [0.717, 1.165) is 11.2 Å². The number of hydrogen-bond donors (Lipinski definition) is 1. The average Bonchev–Trinajstić information content (AvgIpc) is 2.66. The van der Waals surface area contributed by atoms with Crippen LogP contribution in [0.3, 0.4) is 0 Å². The molecule has 0 aromatic carbocycles. The third kappa shape index (κ3) is 2.56. The molecule has 19 heavy (non-hydrogen) atoms. The lowest BCUT2D eigenvalue weighted by Crippen LogP contribution is -2.33. The van der Waals surface area contributed by atoms with E-state index in [1.165, 1.54) is 0 Å². The second-order valence-corrected chi connectivity index (χ2v) is 5.88. The number of carbonyl (C=O) groups excluding carboxylic acids is 1. The highest BCUT2D eigenvalue weighted by molar-refractivity contribution is 6.20. The first-order valence-electron chi connectivity index (χ1n) is 6.09. The summed E-state index contributed by atoms with van der Waals surface area (Å²) in [5.41, 5.74) is 6.29. The Balaban J connectivity index is 2.68. The second kappa shape index (κ2) is 4.81. The highest BCUT2D eigenvalue weighted by Crippen LogP contribution is 2.31. The summed E-state index contributed by atoms with van der Waals surface area (Å²) in [5.74, 6) is 0.331. The van der Waals surface area contributed by atoms with Gasteiger partial charge in [0.1, 0.15) is 11.3 Å². The Kier molecular flexibility index (Phi) is 3.49. The van der Waals surface area contributed by atoms with Crippen LogP contribution >= 0.6 is 11.6 Å². The van der Waals surface area contributed by atoms with E-state index in [0.29, 0.717) is 5.82 Å². The Morgan fingerprint density at radius 1 is 1.58 bits per heavy atom. The number of halogens is 1. The van der Waals surface area contributed by atoms with E-state index < -0.39 is 5.54 Å². The first kappa shape index (κ1) is 13.8. The molecular weight excluding hydrogens is 264 g/mol. The number of carbonyl (C=O) groups is 1. The molecule has 2 aromatic rings. The molecule has 0 fully saturated rings. The molecule has 1 amide bonds. The number of nitrogens with two attached hydrogens (primary N) is 1. The maximum absolute atomic E-state index is 11.3. The fourth-order valence-corrected chi connectivity index (χ4v) is 2.45. The van der Waals surface area contributed by atoms with Gasteiger partial charge in [0.05, 0.1) is 10.9 Å². The normalized spacial score (nSPS) is 13.7. The molecule has 0 aliphatic carbocycles. The van der Waals surface area contributed by atoms with Crippen molar-refractivity contribution in [3.8, 4) is 0 Å². The molecule has 0 aliphatic rings. The Morgan fingerprint density at radius 2 is 2.26 bits per heavy atom. The van der Waals surface area contributed by atoms with E-state index in [9.17, 15) is 4.79 Å². The minimum absolute atomic E-state index is 0.200. The topological polar surface area (TPSA) is 73.8 Å². The van der Waals surface area contributed by atoms with Crippen molar-refractivity contribution in [2.45, 2.75) is 38.1 Å². The van der Waals surface area contributed by atoms with Gasteiger partial charge >= 0.3 is 0 Å². The van der Waals surface area contributed by atoms with Crippen LogP contribution in [0.1, 0.15) is 38.4 Å². The highest BCUT2D eigenvalue weighted by Gasteiger charge is 2.29. The van der Waals surface area contributed by atoms with Crippen LogP contribution in [0.15, 0.2) is 18.3 Å². The maximum atomic E-state index is 11.3. The molecular formula is C13H17ClN4O. The lowest BCUT2D eigenvalue weighted by molar-refractivity contribution is -0.119. The quantitative estimate of drug-likeness (QED) is 0.874. The number of alkyl halides is 1. The largest absolute Gasteiger partial charge is 0.370 e. The van der Waals surface area contributed by atoms with Crippen molar-refractivity contribution in [3.05, 3.63) is 24.2 Å². The summed E-state index contributed by atoms with van der Waals surface area (Å²) in [4.78, 5) is 20.1. The number of primary amides is 1. The third-order valence-electron chi connectivity index (χ3n) is 3.01. The monoisotopic (exact) mass is 280 g/mol. The molecule has 6 heteroatoms. The van der Waals surface area contributed by atoms with Crippen LogP contribution in [-0.2, 0) is 10.3 Å². The number of nitrogens with zero attached hydrogens (tertiary/aromatic N) is 3. The van der Waals surface area contributed by atoms with Crippen molar-refractivity contribution >= 4 is 28.7 Å². The van der Waals surface area contributed by atoms with Crippen LogP contribution in [0.2, 0.25) is 0 Å². The molecule has 1 atom stereocenters. The van der Waals surface area contributed by atoms with Crippen molar-refractivity contribution in [3.63, 3.8) is 0 Å². The van der Waals surface area contributed by atoms with E-state index >= 15 is 0 Å². The van der Waals surface area contributed by atoms with Gasteiger partial charge in [-0.25, -0.2) is 9.97 Å². The molecule has 5 nitrogen and oxygen atoms in total. The predicted octanol–water partition coefficient (Wildman–Crippen LogP) is 2.34. The Bertz CT molecular complexity index is 618. The van der Waals surface area contributed by atoms with Gasteiger partial charge in [0.25, 0.3) is 0 Å². The van der Waals surface area contributed by atoms with Crippen molar-refractivity contribution < 1.29 is 4.79 Å². The van der Waals surface area contributed by atoms with Gasteiger partial charge in [0.2, 0.25) is 5.91 Å². The molecule has 0 spiro atoms. The first-order valence-corrected chi connectivity index (χ1v) is 6.53. The Hall–Kier alpha value is -1.62. The number of rotatable bonds is 4. The van der Waals surface area contributed by atoms with Gasteiger partial charge < -0.3 is 10.3 Å². The number of pyridine rings is 1. The van der Waals surface area contributed by atoms with Gasteiger partial charge in [-0.15, -0.1) is 11.6 Å². The Labute approximate surface area is 116 Å². The zero-order chi connectivity index (χ0) is 14.2. The summed E-state index contributed by atoms with van der Waals surface area (Å²) in [6.45, 7) is 5.70. The van der Waals surface area contributed by atoms with Gasteiger partial charge in [-0.05, 0) is 32.9 Å². The second-order valence-electron chi connectivity index (χ2n) is 5.22. The lowest BCUT2D eigenvalue weighted by Gasteiger charge is -2.28. The van der Waals surface area contributed by atoms with Crippen LogP contribution < -0.4 is 5.73 Å². The van der Waals surface area contributed by atoms with Crippen LogP contribution in [-0.4, -0.2) is 20.4 Å². The molecule has 1 unspecified atom stereocenters. The summed E-state index contributed by atoms with van der Waals surface area (Å²) < 4.78 is 1.91. The van der Waals surface area contributed by atoms with Gasteiger partial charge in [0, 0.05) is 12.6 Å². The predicted molar refractivity (Wildman–Crippen MR) is 74.9 cm³/mol. The minimum atomic E-state index is -0.520. The van der Waals surface area contributed by atoms with Crippen molar-refractivity contribution in [1.29, 1.82) is 0 Å². The summed E-state index contributed by atoms with van der Waals surface area (Å²) >= 11 is 6.20. The average molecular weight is 281 g/mol. The van der Waals surface area contributed by atoms with E-state index in [1.807, 2.05) is 37.5 Å². The Morgan fingerprint density at radius 3 is 2.84 bits per heavy atom. The molecule has 0 radical (unpaired) electrons. The molecule has 2 heterocycles. The number of fused-ring (bicyclic) bond motifs is 1. The zero-order valence-electron chi connectivity index (χ0n) is 11.2. The van der Waals surface area contributed by atoms with E-state index in [2.05, 4.69) is 9.97 Å². The lowest BCUT2D eigenvalue weighted by atomic mass is 9.99. The van der Waals surface area contributed by atoms with E-state index in [1.54, 1.807) is 6.20 Å². The molecule has 102 valence electrons. The SMILES string of the molecule is CC(Cl)c1nc2cccnc2n1C(C)(C)CC(N)=O. The highest BCUT2D eigenvalue weighted by atomic mass is 35.5. The van der Waals surface area contributed by atoms with Crippen molar-refractivity contribution in [2.24, 2.45) is 5.73 Å². The van der Waals surface area contributed by atoms with E-state index in [-0.39, 0.29) is 17.7 Å². The molecule has 2 rings (SSSR count). The molecule has 0 saturated heterocycles. The molecule has 2 N–H and O–H groups in total. The van der Waals surface area contributed by atoms with Crippen LogP contribution in [0, 0.1) is 0 Å². The van der Waals surface area contributed by atoms with Crippen LogP contribution in [0.5, 0.6) is 0 Å².